The van der Waals surface area contributed by atoms with E-state index in [1.165, 1.54) is 25.1 Å². The predicted molar refractivity (Wildman–Crippen MR) is 104 cm³/mol. The molecule has 0 unspecified atom stereocenters. The van der Waals surface area contributed by atoms with Crippen molar-refractivity contribution in [2.45, 2.75) is 26.5 Å². The van der Waals surface area contributed by atoms with Gasteiger partial charge in [-0.15, -0.1) is 0 Å². The molecule has 0 aliphatic heterocycles. The van der Waals surface area contributed by atoms with Crippen LogP contribution in [0.2, 0.25) is 0 Å². The lowest BCUT2D eigenvalue weighted by Crippen LogP contribution is -2.39. The lowest BCUT2D eigenvalue weighted by Gasteiger charge is -2.14. The Balaban J connectivity index is 1.62. The van der Waals surface area contributed by atoms with Gasteiger partial charge in [0.05, 0.1) is 27.3 Å². The number of hydrogen-bond acceptors (Lipinski definition) is 7. The Morgan fingerprint density at radius 3 is 2.52 bits per heavy atom. The number of nitro groups is 1. The topological polar surface area (TPSA) is 124 Å². The Morgan fingerprint density at radius 2 is 1.83 bits per heavy atom. The van der Waals surface area contributed by atoms with Gasteiger partial charge in [0, 0.05) is 17.7 Å². The highest BCUT2D eigenvalue weighted by molar-refractivity contribution is 5.97. The molecule has 1 amide bonds. The number of benzene rings is 2. The lowest BCUT2D eigenvalue weighted by atomic mass is 10.2. The third kappa shape index (κ3) is 4.70. The van der Waals surface area contributed by atoms with Crippen molar-refractivity contribution in [3.63, 3.8) is 0 Å². The number of carbonyl (C=O) groups excluding carboxylic acids is 2. The molecule has 1 atom stereocenters. The van der Waals surface area contributed by atoms with E-state index in [1.807, 2.05) is 24.3 Å². The number of nitrogens with zero attached hydrogens (tertiary/aromatic N) is 3. The highest BCUT2D eigenvalue weighted by Crippen LogP contribution is 2.14. The van der Waals surface area contributed by atoms with Crippen molar-refractivity contribution in [2.24, 2.45) is 0 Å². The third-order valence-corrected chi connectivity index (χ3v) is 4.21. The highest BCUT2D eigenvalue weighted by Gasteiger charge is 2.20. The van der Waals surface area contributed by atoms with Gasteiger partial charge in [-0.25, -0.2) is 14.8 Å². The second-order valence-electron chi connectivity index (χ2n) is 6.35. The quantitative estimate of drug-likeness (QED) is 0.387. The summed E-state index contributed by atoms with van der Waals surface area (Å²) in [6, 6.07) is 11.7. The van der Waals surface area contributed by atoms with Crippen LogP contribution < -0.4 is 5.32 Å². The summed E-state index contributed by atoms with van der Waals surface area (Å²) in [5.74, 6) is -1.27. The minimum atomic E-state index is -0.949. The molecule has 148 valence electrons. The number of para-hydroxylation sites is 2. The summed E-state index contributed by atoms with van der Waals surface area (Å²) < 4.78 is 5.25. The minimum Gasteiger partial charge on any atom is -0.458 e. The lowest BCUT2D eigenvalue weighted by molar-refractivity contribution is -0.384. The van der Waals surface area contributed by atoms with Crippen LogP contribution in [0.4, 0.5) is 5.69 Å². The predicted octanol–water partition coefficient (Wildman–Crippen LogP) is 2.71. The summed E-state index contributed by atoms with van der Waals surface area (Å²) in [5, 5.41) is 13.3. The van der Waals surface area contributed by atoms with Gasteiger partial charge in [0.2, 0.25) is 0 Å². The fourth-order valence-corrected chi connectivity index (χ4v) is 2.63. The Morgan fingerprint density at radius 1 is 1.14 bits per heavy atom. The SMILES string of the molecule is Cc1nc2ccccc2nc1COC(=O)[C@H](C)NC(=O)c1cccc([N+](=O)[O-])c1. The van der Waals surface area contributed by atoms with Crippen molar-refractivity contribution in [1.29, 1.82) is 0 Å². The van der Waals surface area contributed by atoms with Gasteiger partial charge in [0.15, 0.2) is 0 Å². The number of aromatic nitrogens is 2. The van der Waals surface area contributed by atoms with E-state index < -0.39 is 22.8 Å². The number of ether oxygens (including phenoxy) is 1. The molecule has 0 saturated heterocycles. The third-order valence-electron chi connectivity index (χ3n) is 4.21. The molecular weight excluding hydrogens is 376 g/mol. The fourth-order valence-electron chi connectivity index (χ4n) is 2.63. The van der Waals surface area contributed by atoms with Gasteiger partial charge in [-0.05, 0) is 32.0 Å². The van der Waals surface area contributed by atoms with E-state index in [-0.39, 0.29) is 17.9 Å². The second-order valence-corrected chi connectivity index (χ2v) is 6.35. The molecule has 1 heterocycles. The Bertz CT molecular complexity index is 1100. The average molecular weight is 394 g/mol. The summed E-state index contributed by atoms with van der Waals surface area (Å²) in [7, 11) is 0. The van der Waals surface area contributed by atoms with Crippen molar-refractivity contribution in [2.75, 3.05) is 0 Å². The van der Waals surface area contributed by atoms with Crippen molar-refractivity contribution in [1.82, 2.24) is 15.3 Å². The Kier molecular flexibility index (Phi) is 5.77. The number of non-ortho nitro benzene ring substituents is 1. The standard InChI is InChI=1S/C20H18N4O5/c1-12-18(23-17-9-4-3-8-16(17)21-12)11-29-20(26)13(2)22-19(25)14-6-5-7-15(10-14)24(27)28/h3-10,13H,11H2,1-2H3,(H,22,25)/t13-/m0/s1. The normalized spacial score (nSPS) is 11.7. The van der Waals surface area contributed by atoms with Crippen LogP contribution in [0.5, 0.6) is 0 Å². The van der Waals surface area contributed by atoms with E-state index in [0.717, 1.165) is 11.6 Å². The first kappa shape index (κ1) is 19.9. The van der Waals surface area contributed by atoms with E-state index in [1.54, 1.807) is 6.92 Å². The number of aryl methyl sites for hydroxylation is 1. The Hall–Kier alpha value is -3.88. The van der Waals surface area contributed by atoms with Crippen LogP contribution in [0.15, 0.2) is 48.5 Å². The molecule has 3 aromatic rings. The van der Waals surface area contributed by atoms with Crippen LogP contribution in [0.25, 0.3) is 11.0 Å². The molecule has 1 N–H and O–H groups in total. The molecule has 1 aromatic heterocycles. The van der Waals surface area contributed by atoms with Gasteiger partial charge in [-0.1, -0.05) is 18.2 Å². The Labute approximate surface area is 165 Å². The first-order valence-electron chi connectivity index (χ1n) is 8.79. The molecule has 9 heteroatoms. The summed E-state index contributed by atoms with van der Waals surface area (Å²) >= 11 is 0. The number of hydrogen-bond donors (Lipinski definition) is 1. The van der Waals surface area contributed by atoms with Gasteiger partial charge in [-0.3, -0.25) is 14.9 Å². The molecule has 0 spiro atoms. The largest absolute Gasteiger partial charge is 0.458 e. The zero-order valence-corrected chi connectivity index (χ0v) is 15.8. The van der Waals surface area contributed by atoms with Gasteiger partial charge in [0.25, 0.3) is 11.6 Å². The molecule has 0 radical (unpaired) electrons. The number of nitro benzene ring substituents is 1. The first-order chi connectivity index (χ1) is 13.8. The zero-order valence-electron chi connectivity index (χ0n) is 15.8. The molecule has 9 nitrogen and oxygen atoms in total. The average Bonchev–Trinajstić information content (AvgIpc) is 2.71. The van der Waals surface area contributed by atoms with Crippen molar-refractivity contribution >= 4 is 28.6 Å². The molecule has 0 aliphatic rings. The first-order valence-corrected chi connectivity index (χ1v) is 8.79. The number of fused-ring (bicyclic) bond motifs is 1. The number of esters is 1. The number of carbonyl (C=O) groups is 2. The minimum absolute atomic E-state index is 0.0788. The molecule has 0 fully saturated rings. The van der Waals surface area contributed by atoms with Crippen LogP contribution >= 0.6 is 0 Å². The maximum Gasteiger partial charge on any atom is 0.328 e. The molecule has 2 aromatic carbocycles. The maximum absolute atomic E-state index is 12.2. The van der Waals surface area contributed by atoms with Crippen LogP contribution in [-0.4, -0.2) is 32.8 Å². The van der Waals surface area contributed by atoms with E-state index >= 15 is 0 Å². The van der Waals surface area contributed by atoms with E-state index in [0.29, 0.717) is 16.9 Å². The summed E-state index contributed by atoms with van der Waals surface area (Å²) in [4.78, 5) is 43.6. The fraction of sp³-hybridized carbons (Fsp3) is 0.200. The van der Waals surface area contributed by atoms with Crippen LogP contribution in [0.1, 0.15) is 28.7 Å². The highest BCUT2D eigenvalue weighted by atomic mass is 16.6. The molecule has 29 heavy (non-hydrogen) atoms. The van der Waals surface area contributed by atoms with Crippen molar-refractivity contribution in [3.05, 3.63) is 75.6 Å². The molecular formula is C20H18N4O5. The second kappa shape index (κ2) is 8.42. The van der Waals surface area contributed by atoms with E-state index in [4.69, 9.17) is 4.74 Å². The number of nitrogens with one attached hydrogen (secondary N) is 1. The summed E-state index contributed by atoms with van der Waals surface area (Å²) in [6.07, 6.45) is 0. The van der Waals surface area contributed by atoms with Crippen molar-refractivity contribution < 1.29 is 19.2 Å². The smallest absolute Gasteiger partial charge is 0.328 e. The monoisotopic (exact) mass is 394 g/mol. The van der Waals surface area contributed by atoms with Crippen LogP contribution in [0, 0.1) is 17.0 Å². The van der Waals surface area contributed by atoms with Gasteiger partial charge < -0.3 is 10.1 Å². The van der Waals surface area contributed by atoms with E-state index in [9.17, 15) is 19.7 Å². The summed E-state index contributed by atoms with van der Waals surface area (Å²) in [6.45, 7) is 3.16. The molecule has 0 saturated carbocycles. The number of amides is 1. The molecule has 0 bridgehead atoms. The number of rotatable bonds is 6. The van der Waals surface area contributed by atoms with Gasteiger partial charge >= 0.3 is 5.97 Å². The summed E-state index contributed by atoms with van der Waals surface area (Å²) in [5.41, 5.74) is 2.47. The van der Waals surface area contributed by atoms with Crippen LogP contribution in [0.3, 0.4) is 0 Å². The van der Waals surface area contributed by atoms with Gasteiger partial charge in [-0.2, -0.15) is 0 Å². The van der Waals surface area contributed by atoms with E-state index in [2.05, 4.69) is 15.3 Å². The maximum atomic E-state index is 12.2. The molecule has 3 rings (SSSR count). The van der Waals surface area contributed by atoms with Crippen molar-refractivity contribution in [3.8, 4) is 0 Å². The van der Waals surface area contributed by atoms with Crippen LogP contribution in [-0.2, 0) is 16.1 Å². The van der Waals surface area contributed by atoms with Gasteiger partial charge in [0.1, 0.15) is 12.6 Å². The zero-order chi connectivity index (χ0) is 21.0. The molecule has 0 aliphatic carbocycles.